The Labute approximate surface area is 361 Å². The molecule has 1 aliphatic heterocycles. The molecular weight excluding hydrogens is 747 g/mol. The molecule has 8 atom stereocenters. The molecule has 1 rings (SSSR count). The molecule has 0 aromatic rings. The number of allylic oxidation sites excluding steroid dienone is 3. The molecule has 1 saturated heterocycles. The molecule has 7 N–H and O–H groups in total. The van der Waals surface area contributed by atoms with Crippen LogP contribution in [0.2, 0.25) is 0 Å². The summed E-state index contributed by atoms with van der Waals surface area (Å²) in [6, 6.07) is -0.995. The number of carbonyl (C=O) groups is 1. The van der Waals surface area contributed by atoms with E-state index in [1.807, 2.05) is 6.08 Å². The van der Waals surface area contributed by atoms with Crippen LogP contribution in [0.4, 0.5) is 0 Å². The molecule has 10 nitrogen and oxygen atoms in total. The van der Waals surface area contributed by atoms with Crippen molar-refractivity contribution in [1.29, 1.82) is 0 Å². The van der Waals surface area contributed by atoms with E-state index in [0.717, 1.165) is 32.1 Å². The Morgan fingerprint density at radius 3 is 1.58 bits per heavy atom. The summed E-state index contributed by atoms with van der Waals surface area (Å²) in [6.45, 7) is 5.75. The van der Waals surface area contributed by atoms with Gasteiger partial charge < -0.3 is 45.4 Å². The average Bonchev–Trinajstić information content (AvgIpc) is 3.23. The van der Waals surface area contributed by atoms with Crippen LogP contribution in [0.3, 0.4) is 0 Å². The quantitative estimate of drug-likeness (QED) is 0.0235. The number of hydrogen-bond donors (Lipinski definition) is 7. The van der Waals surface area contributed by atoms with Crippen molar-refractivity contribution in [1.82, 2.24) is 5.32 Å². The Morgan fingerprint density at radius 2 is 1.10 bits per heavy atom. The molecule has 1 heterocycles. The van der Waals surface area contributed by atoms with Crippen LogP contribution < -0.4 is 5.32 Å². The van der Waals surface area contributed by atoms with Crippen molar-refractivity contribution < 1.29 is 44.9 Å². The smallest absolute Gasteiger partial charge is 0.249 e. The Bertz CT molecular complexity index is 1020. The van der Waals surface area contributed by atoms with E-state index >= 15 is 0 Å². The van der Waals surface area contributed by atoms with E-state index in [0.29, 0.717) is 19.3 Å². The van der Waals surface area contributed by atoms with Crippen molar-refractivity contribution in [2.24, 2.45) is 0 Å². The van der Waals surface area contributed by atoms with Gasteiger partial charge in [-0.1, -0.05) is 205 Å². The Hall–Kier alpha value is -1.37. The third-order valence-electron chi connectivity index (χ3n) is 12.0. The fourth-order valence-corrected chi connectivity index (χ4v) is 7.89. The van der Waals surface area contributed by atoms with E-state index in [9.17, 15) is 35.4 Å². The van der Waals surface area contributed by atoms with Crippen LogP contribution in [0.15, 0.2) is 23.8 Å². The van der Waals surface area contributed by atoms with Gasteiger partial charge in [0.1, 0.15) is 30.5 Å². The minimum atomic E-state index is -1.61. The number of amides is 1. The van der Waals surface area contributed by atoms with Gasteiger partial charge in [-0.2, -0.15) is 0 Å². The van der Waals surface area contributed by atoms with E-state index in [1.165, 1.54) is 153 Å². The van der Waals surface area contributed by atoms with Crippen molar-refractivity contribution in [3.63, 3.8) is 0 Å². The second-order valence-electron chi connectivity index (χ2n) is 17.6. The Balaban J connectivity index is 2.40. The SMILES string of the molecule is CCCCCCCCCCCCCCCCCCCCCC[C@@H](O)C(=O)N[C@@H](CO[C@@H]1O[C@H](CO)[C@@H](O)[C@H](O)[C@H]1O)[C@H](O)/C=C/CC/C=C(\C)CCCCCCCCC. The maximum atomic E-state index is 13.1. The first-order valence-corrected chi connectivity index (χ1v) is 24.6. The number of unbranched alkanes of at least 4 members (excludes halogenated alkanes) is 26. The number of aliphatic hydroxyl groups is 6. The molecule has 1 aliphatic rings. The van der Waals surface area contributed by atoms with E-state index in [2.05, 4.69) is 32.2 Å². The zero-order valence-corrected chi connectivity index (χ0v) is 38.1. The largest absolute Gasteiger partial charge is 0.394 e. The van der Waals surface area contributed by atoms with Crippen LogP contribution in [0, 0.1) is 0 Å². The van der Waals surface area contributed by atoms with Gasteiger partial charge in [0, 0.05) is 0 Å². The van der Waals surface area contributed by atoms with E-state index in [1.54, 1.807) is 6.08 Å². The van der Waals surface area contributed by atoms with Crippen molar-refractivity contribution >= 4 is 5.91 Å². The van der Waals surface area contributed by atoms with Crippen LogP contribution in [-0.2, 0) is 14.3 Å². The van der Waals surface area contributed by atoms with Gasteiger partial charge in [0.15, 0.2) is 6.29 Å². The van der Waals surface area contributed by atoms with Gasteiger partial charge in [0.05, 0.1) is 25.4 Å². The van der Waals surface area contributed by atoms with E-state index in [4.69, 9.17) is 9.47 Å². The molecule has 59 heavy (non-hydrogen) atoms. The lowest BCUT2D eigenvalue weighted by atomic mass is 9.99. The minimum absolute atomic E-state index is 0.307. The summed E-state index contributed by atoms with van der Waals surface area (Å²) < 4.78 is 11.1. The first-order chi connectivity index (χ1) is 28.7. The lowest BCUT2D eigenvalue weighted by Crippen LogP contribution is -2.60. The minimum Gasteiger partial charge on any atom is -0.394 e. The topological polar surface area (TPSA) is 169 Å². The third-order valence-corrected chi connectivity index (χ3v) is 12.0. The Morgan fingerprint density at radius 1 is 0.644 bits per heavy atom. The molecule has 10 heteroatoms. The summed E-state index contributed by atoms with van der Waals surface area (Å²) >= 11 is 0. The molecule has 0 aromatic carbocycles. The highest BCUT2D eigenvalue weighted by atomic mass is 16.7. The van der Waals surface area contributed by atoms with Crippen molar-refractivity contribution in [2.45, 2.75) is 269 Å². The summed E-state index contributed by atoms with van der Waals surface area (Å²) in [6.07, 6.45) is 33.5. The summed E-state index contributed by atoms with van der Waals surface area (Å²) in [7, 11) is 0. The molecule has 0 unspecified atom stereocenters. The molecule has 0 radical (unpaired) electrons. The molecule has 0 saturated carbocycles. The summed E-state index contributed by atoms with van der Waals surface area (Å²) in [5.74, 6) is -0.624. The molecule has 0 bridgehead atoms. The first-order valence-electron chi connectivity index (χ1n) is 24.6. The number of nitrogens with one attached hydrogen (secondary N) is 1. The molecule has 0 spiro atoms. The van der Waals surface area contributed by atoms with Crippen LogP contribution in [0.5, 0.6) is 0 Å². The standard InChI is InChI=1S/C49H93NO9/c1-4-6-8-10-12-13-14-15-16-17-18-19-20-21-22-23-24-26-28-32-37-43(53)48(57)50-41(39-58-49-47(56)46(55)45(54)44(38-51)59-49)42(52)36-33-29-31-35-40(3)34-30-27-25-11-9-7-5-2/h33,35-36,41-47,49,51-56H,4-32,34,37-39H2,1-3H3,(H,50,57)/b36-33+,40-35+/t41-,42+,43+,44+,45+,46-,47+,49+/m0/s1. The van der Waals surface area contributed by atoms with Gasteiger partial charge in [-0.3, -0.25) is 4.79 Å². The van der Waals surface area contributed by atoms with Gasteiger partial charge in [-0.25, -0.2) is 0 Å². The molecule has 0 aliphatic carbocycles. The number of rotatable bonds is 40. The molecule has 1 fully saturated rings. The fourth-order valence-electron chi connectivity index (χ4n) is 7.89. The lowest BCUT2D eigenvalue weighted by Gasteiger charge is -2.40. The van der Waals surface area contributed by atoms with Crippen LogP contribution in [0.25, 0.3) is 0 Å². The molecule has 0 aromatic heterocycles. The van der Waals surface area contributed by atoms with Gasteiger partial charge in [-0.05, 0) is 39.0 Å². The zero-order chi connectivity index (χ0) is 43.4. The highest BCUT2D eigenvalue weighted by Gasteiger charge is 2.44. The molecule has 348 valence electrons. The average molecular weight is 840 g/mol. The maximum Gasteiger partial charge on any atom is 0.249 e. The molecule has 1 amide bonds. The zero-order valence-electron chi connectivity index (χ0n) is 38.1. The highest BCUT2D eigenvalue weighted by molar-refractivity contribution is 5.80. The van der Waals surface area contributed by atoms with Crippen molar-refractivity contribution in [2.75, 3.05) is 13.2 Å². The van der Waals surface area contributed by atoms with Crippen LogP contribution in [-0.4, -0.2) is 98.7 Å². The van der Waals surface area contributed by atoms with Crippen molar-refractivity contribution in [3.8, 4) is 0 Å². The lowest BCUT2D eigenvalue weighted by molar-refractivity contribution is -0.302. The highest BCUT2D eigenvalue weighted by Crippen LogP contribution is 2.23. The van der Waals surface area contributed by atoms with Gasteiger partial charge >= 0.3 is 0 Å². The van der Waals surface area contributed by atoms with Crippen LogP contribution in [0.1, 0.15) is 220 Å². The maximum absolute atomic E-state index is 13.1. The first kappa shape index (κ1) is 55.6. The normalized spacial score (nSPS) is 21.6. The predicted molar refractivity (Wildman–Crippen MR) is 241 cm³/mol. The van der Waals surface area contributed by atoms with Gasteiger partial charge in [-0.15, -0.1) is 0 Å². The fraction of sp³-hybridized carbons (Fsp3) is 0.898. The van der Waals surface area contributed by atoms with Gasteiger partial charge in [0.2, 0.25) is 5.91 Å². The summed E-state index contributed by atoms with van der Waals surface area (Å²) in [4.78, 5) is 13.1. The van der Waals surface area contributed by atoms with E-state index in [-0.39, 0.29) is 6.61 Å². The second kappa shape index (κ2) is 38.3. The second-order valence-corrected chi connectivity index (χ2v) is 17.6. The third kappa shape index (κ3) is 28.8. The monoisotopic (exact) mass is 840 g/mol. The van der Waals surface area contributed by atoms with Crippen LogP contribution >= 0.6 is 0 Å². The number of carbonyl (C=O) groups excluding carboxylic acids is 1. The summed E-state index contributed by atoms with van der Waals surface area (Å²) in [5, 5.41) is 64.8. The number of hydrogen-bond acceptors (Lipinski definition) is 9. The van der Waals surface area contributed by atoms with E-state index < -0.39 is 61.5 Å². The Kier molecular flexibility index (Phi) is 36.1. The number of aliphatic hydroxyl groups excluding tert-OH is 6. The van der Waals surface area contributed by atoms with Gasteiger partial charge in [0.25, 0.3) is 0 Å². The van der Waals surface area contributed by atoms with Crippen molar-refractivity contribution in [3.05, 3.63) is 23.8 Å². The number of ether oxygens (including phenoxy) is 2. The predicted octanol–water partition coefficient (Wildman–Crippen LogP) is 9.64. The summed E-state index contributed by atoms with van der Waals surface area (Å²) in [5.41, 5.74) is 1.36. The molecular formula is C49H93NO9.